The minimum absolute atomic E-state index is 0.196. The van der Waals surface area contributed by atoms with Crippen LogP contribution >= 0.6 is 11.6 Å². The molecular formula is C11H12ClF2NO. The molecule has 0 radical (unpaired) electrons. The fourth-order valence-electron chi connectivity index (χ4n) is 1.89. The second-order valence-electron chi connectivity index (χ2n) is 3.68. The highest BCUT2D eigenvalue weighted by Crippen LogP contribution is 2.34. The van der Waals surface area contributed by atoms with Gasteiger partial charge in [0.05, 0.1) is 5.69 Å². The summed E-state index contributed by atoms with van der Waals surface area (Å²) in [7, 11) is 0. The van der Waals surface area contributed by atoms with Crippen LogP contribution in [0, 0.1) is 0 Å². The number of hydrogen-bond donors (Lipinski definition) is 0. The predicted octanol–water partition coefficient (Wildman–Crippen LogP) is 3.54. The summed E-state index contributed by atoms with van der Waals surface area (Å²) in [6, 6.07) is 4.71. The molecule has 0 bridgehead atoms. The van der Waals surface area contributed by atoms with Crippen molar-refractivity contribution in [3.63, 3.8) is 0 Å². The van der Waals surface area contributed by atoms with Crippen molar-refractivity contribution in [3.8, 4) is 5.75 Å². The second kappa shape index (κ2) is 4.87. The van der Waals surface area contributed by atoms with Gasteiger partial charge in [-0.3, -0.25) is 0 Å². The number of hydrogen-bond acceptors (Lipinski definition) is 2. The topological polar surface area (TPSA) is 12.5 Å². The number of nitrogens with zero attached hydrogens (tertiary/aromatic N) is 1. The highest BCUT2D eigenvalue weighted by Gasteiger charge is 2.18. The van der Waals surface area contributed by atoms with Crippen LogP contribution < -0.4 is 9.64 Å². The number of anilines is 1. The lowest BCUT2D eigenvalue weighted by Gasteiger charge is -2.21. The zero-order valence-electron chi connectivity index (χ0n) is 8.63. The molecule has 2 rings (SSSR count). The van der Waals surface area contributed by atoms with Crippen molar-refractivity contribution in [2.75, 3.05) is 18.0 Å². The third kappa shape index (κ3) is 2.55. The molecule has 0 saturated carbocycles. The maximum absolute atomic E-state index is 12.2. The van der Waals surface area contributed by atoms with Gasteiger partial charge in [-0.2, -0.15) is 8.78 Å². The van der Waals surface area contributed by atoms with Crippen LogP contribution in [-0.4, -0.2) is 19.7 Å². The van der Waals surface area contributed by atoms with Crippen LogP contribution in [0.25, 0.3) is 0 Å². The maximum atomic E-state index is 12.2. The van der Waals surface area contributed by atoms with Crippen LogP contribution in [-0.2, 0) is 0 Å². The fraction of sp³-hybridized carbons (Fsp3) is 0.455. The smallest absolute Gasteiger partial charge is 0.387 e. The van der Waals surface area contributed by atoms with E-state index in [9.17, 15) is 8.78 Å². The Bertz CT molecular complexity index is 367. The first-order chi connectivity index (χ1) is 7.66. The Hall–Kier alpha value is -1.03. The minimum Gasteiger partial charge on any atom is -0.433 e. The van der Waals surface area contributed by atoms with Crippen molar-refractivity contribution < 1.29 is 13.5 Å². The van der Waals surface area contributed by atoms with Crippen molar-refractivity contribution in [1.29, 1.82) is 0 Å². The van der Waals surface area contributed by atoms with Gasteiger partial charge in [0, 0.05) is 18.1 Å². The van der Waals surface area contributed by atoms with Crippen molar-refractivity contribution in [2.24, 2.45) is 0 Å². The molecule has 0 amide bonds. The lowest BCUT2D eigenvalue weighted by Crippen LogP contribution is -2.19. The summed E-state index contributed by atoms with van der Waals surface area (Å²) >= 11 is 5.86. The van der Waals surface area contributed by atoms with Gasteiger partial charge in [-0.15, -0.1) is 0 Å². The SMILES string of the molecule is FC(F)Oc1ccc(Cl)cc1N1CCCC1. The van der Waals surface area contributed by atoms with Crippen LogP contribution in [0.4, 0.5) is 14.5 Å². The number of ether oxygens (including phenoxy) is 1. The van der Waals surface area contributed by atoms with Crippen molar-refractivity contribution in [1.82, 2.24) is 0 Å². The van der Waals surface area contributed by atoms with Gasteiger partial charge in [0.25, 0.3) is 0 Å². The summed E-state index contributed by atoms with van der Waals surface area (Å²) in [5, 5.41) is 0.531. The standard InChI is InChI=1S/C11H12ClF2NO/c12-8-3-4-10(16-11(13)14)9(7-8)15-5-1-2-6-15/h3-4,7,11H,1-2,5-6H2. The Morgan fingerprint density at radius 2 is 1.94 bits per heavy atom. The highest BCUT2D eigenvalue weighted by atomic mass is 35.5. The van der Waals surface area contributed by atoms with E-state index in [1.54, 1.807) is 12.1 Å². The molecule has 1 aliphatic heterocycles. The molecule has 88 valence electrons. The minimum atomic E-state index is -2.80. The first kappa shape index (κ1) is 11.5. The number of rotatable bonds is 3. The molecule has 1 heterocycles. The molecule has 0 aliphatic carbocycles. The van der Waals surface area contributed by atoms with E-state index in [1.807, 2.05) is 4.90 Å². The van der Waals surface area contributed by atoms with Crippen LogP contribution in [0.2, 0.25) is 5.02 Å². The van der Waals surface area contributed by atoms with E-state index in [0.717, 1.165) is 25.9 Å². The van der Waals surface area contributed by atoms with E-state index in [0.29, 0.717) is 10.7 Å². The molecular weight excluding hydrogens is 236 g/mol. The summed E-state index contributed by atoms with van der Waals surface area (Å²) < 4.78 is 28.9. The molecule has 2 nitrogen and oxygen atoms in total. The highest BCUT2D eigenvalue weighted by molar-refractivity contribution is 6.30. The molecule has 0 atom stereocenters. The third-order valence-corrected chi connectivity index (χ3v) is 2.82. The lowest BCUT2D eigenvalue weighted by atomic mass is 10.2. The van der Waals surface area contributed by atoms with E-state index in [1.165, 1.54) is 6.07 Å². The summed E-state index contributed by atoms with van der Waals surface area (Å²) in [6.45, 7) is -1.08. The first-order valence-corrected chi connectivity index (χ1v) is 5.54. The first-order valence-electron chi connectivity index (χ1n) is 5.16. The van der Waals surface area contributed by atoms with Gasteiger partial charge < -0.3 is 9.64 Å². The fourth-order valence-corrected chi connectivity index (χ4v) is 2.06. The van der Waals surface area contributed by atoms with Crippen molar-refractivity contribution in [2.45, 2.75) is 19.5 Å². The van der Waals surface area contributed by atoms with Crippen LogP contribution in [0.3, 0.4) is 0 Å². The van der Waals surface area contributed by atoms with Crippen molar-refractivity contribution >= 4 is 17.3 Å². The Balaban J connectivity index is 2.28. The van der Waals surface area contributed by atoms with Gasteiger partial charge in [0.1, 0.15) is 5.75 Å². The number of benzene rings is 1. The number of halogens is 3. The summed E-state index contributed by atoms with van der Waals surface area (Å²) in [6.07, 6.45) is 2.14. The van der Waals surface area contributed by atoms with Gasteiger partial charge in [0.2, 0.25) is 0 Å². The molecule has 1 aromatic carbocycles. The van der Waals surface area contributed by atoms with E-state index < -0.39 is 6.61 Å². The summed E-state index contributed by atoms with van der Waals surface area (Å²) in [5.41, 5.74) is 0.658. The molecule has 1 fully saturated rings. The monoisotopic (exact) mass is 247 g/mol. The molecule has 5 heteroatoms. The molecule has 1 saturated heterocycles. The molecule has 1 aliphatic rings. The largest absolute Gasteiger partial charge is 0.433 e. The van der Waals surface area contributed by atoms with E-state index >= 15 is 0 Å². The number of alkyl halides is 2. The Morgan fingerprint density at radius 1 is 1.25 bits per heavy atom. The zero-order chi connectivity index (χ0) is 11.5. The summed E-state index contributed by atoms with van der Waals surface area (Å²) in [5.74, 6) is 0.196. The quantitative estimate of drug-likeness (QED) is 0.810. The van der Waals surface area contributed by atoms with Crippen LogP contribution in [0.1, 0.15) is 12.8 Å². The van der Waals surface area contributed by atoms with Gasteiger partial charge in [-0.05, 0) is 31.0 Å². The average molecular weight is 248 g/mol. The third-order valence-electron chi connectivity index (χ3n) is 2.58. The molecule has 0 spiro atoms. The van der Waals surface area contributed by atoms with Gasteiger partial charge in [0.15, 0.2) is 0 Å². The Morgan fingerprint density at radius 3 is 2.56 bits per heavy atom. The molecule has 16 heavy (non-hydrogen) atoms. The molecule has 0 unspecified atom stereocenters. The predicted molar refractivity (Wildman–Crippen MR) is 59.5 cm³/mol. The van der Waals surface area contributed by atoms with Gasteiger partial charge in [-0.1, -0.05) is 11.6 Å². The Kier molecular flexibility index (Phi) is 3.49. The lowest BCUT2D eigenvalue weighted by molar-refractivity contribution is -0.0495. The van der Waals surface area contributed by atoms with Crippen LogP contribution in [0.15, 0.2) is 18.2 Å². The average Bonchev–Trinajstić information content (AvgIpc) is 2.73. The van der Waals surface area contributed by atoms with Crippen molar-refractivity contribution in [3.05, 3.63) is 23.2 Å². The summed E-state index contributed by atoms with van der Waals surface area (Å²) in [4.78, 5) is 2.02. The van der Waals surface area contributed by atoms with Gasteiger partial charge in [-0.25, -0.2) is 0 Å². The Labute approximate surface area is 97.8 Å². The molecule has 1 aromatic rings. The molecule has 0 aromatic heterocycles. The zero-order valence-corrected chi connectivity index (χ0v) is 9.38. The van der Waals surface area contributed by atoms with Crippen LogP contribution in [0.5, 0.6) is 5.75 Å². The second-order valence-corrected chi connectivity index (χ2v) is 4.12. The molecule has 0 N–H and O–H groups in total. The van der Waals surface area contributed by atoms with E-state index in [4.69, 9.17) is 11.6 Å². The van der Waals surface area contributed by atoms with E-state index in [-0.39, 0.29) is 5.75 Å². The normalized spacial score (nSPS) is 15.9. The van der Waals surface area contributed by atoms with Gasteiger partial charge >= 0.3 is 6.61 Å². The van der Waals surface area contributed by atoms with E-state index in [2.05, 4.69) is 4.74 Å². The maximum Gasteiger partial charge on any atom is 0.387 e.